The van der Waals surface area contributed by atoms with Crippen molar-refractivity contribution in [2.75, 3.05) is 57.8 Å². The van der Waals surface area contributed by atoms with Crippen LogP contribution in [0, 0.1) is 0 Å². The number of likely N-dealkylation sites (N-methyl/N-ethyl adjacent to an activating group) is 1. The molecule has 0 atom stereocenters. The van der Waals surface area contributed by atoms with Gasteiger partial charge in [0.15, 0.2) is 11.7 Å². The van der Waals surface area contributed by atoms with Gasteiger partial charge in [0.05, 0.1) is 12.8 Å². The Morgan fingerprint density at radius 1 is 1.11 bits per heavy atom. The van der Waals surface area contributed by atoms with Crippen LogP contribution in [0.4, 0.5) is 5.69 Å². The molecule has 1 aliphatic heterocycles. The van der Waals surface area contributed by atoms with Crippen LogP contribution in [0.15, 0.2) is 58.1 Å². The van der Waals surface area contributed by atoms with Crippen molar-refractivity contribution < 1.29 is 9.21 Å². The van der Waals surface area contributed by atoms with E-state index in [-0.39, 0.29) is 5.91 Å². The number of hydrogen-bond donors (Lipinski definition) is 1. The molecule has 0 radical (unpaired) electrons. The quantitative estimate of drug-likeness (QED) is 0.612. The maximum atomic E-state index is 12.4. The summed E-state index contributed by atoms with van der Waals surface area (Å²) < 4.78 is 5.23. The van der Waals surface area contributed by atoms with Crippen molar-refractivity contribution in [1.82, 2.24) is 15.1 Å². The normalized spacial score (nSPS) is 14.9. The number of aliphatic imine (C=N–C) groups is 1. The van der Waals surface area contributed by atoms with Gasteiger partial charge in [0.1, 0.15) is 0 Å². The van der Waals surface area contributed by atoms with E-state index in [9.17, 15) is 4.79 Å². The Hall–Kier alpha value is -2.96. The average Bonchev–Trinajstić information content (AvgIpc) is 3.28. The van der Waals surface area contributed by atoms with Crippen molar-refractivity contribution in [3.05, 3.63) is 54.5 Å². The number of para-hydroxylation sites is 1. The number of hydrogen-bond acceptors (Lipinski definition) is 4. The lowest BCUT2D eigenvalue weighted by molar-refractivity contribution is 0.0657. The van der Waals surface area contributed by atoms with Crippen LogP contribution in [-0.4, -0.2) is 74.5 Å². The fraction of sp³-hybridized carbons (Fsp3) is 0.429. The third-order valence-corrected chi connectivity index (χ3v) is 4.83. The van der Waals surface area contributed by atoms with Gasteiger partial charge in [0.2, 0.25) is 0 Å². The number of guanidine groups is 1. The monoisotopic (exact) mass is 383 g/mol. The summed E-state index contributed by atoms with van der Waals surface area (Å²) in [6.45, 7) is 7.28. The largest absolute Gasteiger partial charge is 0.459 e. The van der Waals surface area contributed by atoms with E-state index in [1.54, 1.807) is 12.1 Å². The number of anilines is 1. The van der Waals surface area contributed by atoms with Crippen LogP contribution in [0.2, 0.25) is 0 Å². The molecule has 1 fully saturated rings. The molecule has 1 amide bonds. The summed E-state index contributed by atoms with van der Waals surface area (Å²) in [7, 11) is 2.08. The predicted octanol–water partition coefficient (Wildman–Crippen LogP) is 2.14. The first-order valence-corrected chi connectivity index (χ1v) is 9.81. The minimum atomic E-state index is -0.0453. The number of furan rings is 1. The second-order valence-electron chi connectivity index (χ2n) is 6.75. The zero-order valence-corrected chi connectivity index (χ0v) is 16.7. The van der Waals surface area contributed by atoms with Crippen LogP contribution in [0.1, 0.15) is 17.5 Å². The van der Waals surface area contributed by atoms with Crippen molar-refractivity contribution in [3.63, 3.8) is 0 Å². The van der Waals surface area contributed by atoms with Crippen LogP contribution in [-0.2, 0) is 0 Å². The molecule has 0 unspecified atom stereocenters. The summed E-state index contributed by atoms with van der Waals surface area (Å²) in [6.07, 6.45) is 1.53. The first-order valence-electron chi connectivity index (χ1n) is 9.81. The Bertz CT molecular complexity index is 752. The fourth-order valence-corrected chi connectivity index (χ4v) is 3.22. The lowest BCUT2D eigenvalue weighted by atomic mass is 10.3. The van der Waals surface area contributed by atoms with E-state index in [1.807, 2.05) is 23.1 Å². The Labute approximate surface area is 166 Å². The number of carbonyl (C=O) groups is 1. The third-order valence-electron chi connectivity index (χ3n) is 4.83. The van der Waals surface area contributed by atoms with Gasteiger partial charge in [-0.1, -0.05) is 18.2 Å². The molecular weight excluding hydrogens is 354 g/mol. The highest BCUT2D eigenvalue weighted by molar-refractivity contribution is 5.91. The molecular formula is C21H29N5O2. The molecule has 150 valence electrons. The lowest BCUT2D eigenvalue weighted by Crippen LogP contribution is -2.53. The van der Waals surface area contributed by atoms with Crippen LogP contribution in [0.3, 0.4) is 0 Å². The molecule has 0 bridgehead atoms. The highest BCUT2D eigenvalue weighted by atomic mass is 16.3. The highest BCUT2D eigenvalue weighted by Crippen LogP contribution is 2.11. The standard InChI is InChI=1S/C21H29N5O2/c1-3-22-21(23-11-12-24(2)18-8-5-4-6-9-18)26-15-13-25(14-16-26)20(27)19-10-7-17-28-19/h4-10,17H,3,11-16H2,1-2H3,(H,22,23). The molecule has 1 saturated heterocycles. The van der Waals surface area contributed by atoms with Crippen LogP contribution < -0.4 is 10.2 Å². The van der Waals surface area contributed by atoms with Crippen molar-refractivity contribution >= 4 is 17.6 Å². The summed E-state index contributed by atoms with van der Waals surface area (Å²) in [5.74, 6) is 1.27. The molecule has 7 heteroatoms. The Balaban J connectivity index is 1.52. The fourth-order valence-electron chi connectivity index (χ4n) is 3.22. The van der Waals surface area contributed by atoms with Gasteiger partial charge in [-0.3, -0.25) is 9.79 Å². The summed E-state index contributed by atoms with van der Waals surface area (Å²) >= 11 is 0. The third kappa shape index (κ3) is 5.06. The van der Waals surface area contributed by atoms with E-state index in [2.05, 4.69) is 41.2 Å². The molecule has 7 nitrogen and oxygen atoms in total. The van der Waals surface area contributed by atoms with Crippen molar-refractivity contribution in [2.24, 2.45) is 4.99 Å². The molecule has 3 rings (SSSR count). The maximum absolute atomic E-state index is 12.4. The minimum Gasteiger partial charge on any atom is -0.459 e. The van der Waals surface area contributed by atoms with Crippen LogP contribution >= 0.6 is 0 Å². The highest BCUT2D eigenvalue weighted by Gasteiger charge is 2.25. The van der Waals surface area contributed by atoms with Crippen LogP contribution in [0.25, 0.3) is 0 Å². The molecule has 0 spiro atoms. The van der Waals surface area contributed by atoms with E-state index >= 15 is 0 Å². The number of amides is 1. The van der Waals surface area contributed by atoms with Crippen molar-refractivity contribution in [3.8, 4) is 0 Å². The zero-order valence-electron chi connectivity index (χ0n) is 16.7. The zero-order chi connectivity index (χ0) is 19.8. The number of rotatable bonds is 6. The second-order valence-corrected chi connectivity index (χ2v) is 6.75. The molecule has 1 aliphatic rings. The topological polar surface area (TPSA) is 64.3 Å². The molecule has 1 aromatic carbocycles. The molecule has 2 aromatic rings. The number of nitrogens with one attached hydrogen (secondary N) is 1. The van der Waals surface area contributed by atoms with Crippen molar-refractivity contribution in [2.45, 2.75) is 6.92 Å². The van der Waals surface area contributed by atoms with E-state index in [4.69, 9.17) is 9.41 Å². The molecule has 28 heavy (non-hydrogen) atoms. The molecule has 1 N–H and O–H groups in total. The summed E-state index contributed by atoms with van der Waals surface area (Å²) in [4.78, 5) is 23.5. The predicted molar refractivity (Wildman–Crippen MR) is 112 cm³/mol. The summed E-state index contributed by atoms with van der Waals surface area (Å²) in [5, 5.41) is 3.37. The van der Waals surface area contributed by atoms with Gasteiger partial charge in [0.25, 0.3) is 5.91 Å². The average molecular weight is 383 g/mol. The van der Waals surface area contributed by atoms with Crippen molar-refractivity contribution in [1.29, 1.82) is 0 Å². The first-order chi connectivity index (χ1) is 13.7. The summed E-state index contributed by atoms with van der Waals surface area (Å²) in [6, 6.07) is 13.8. The lowest BCUT2D eigenvalue weighted by Gasteiger charge is -2.36. The first kappa shape index (κ1) is 19.8. The van der Waals surface area contributed by atoms with E-state index in [0.29, 0.717) is 25.4 Å². The van der Waals surface area contributed by atoms with Gasteiger partial charge in [-0.15, -0.1) is 0 Å². The summed E-state index contributed by atoms with van der Waals surface area (Å²) in [5.41, 5.74) is 1.19. The van der Waals surface area contributed by atoms with Gasteiger partial charge in [0, 0.05) is 52.0 Å². The van der Waals surface area contributed by atoms with Crippen LogP contribution in [0.5, 0.6) is 0 Å². The second kappa shape index (κ2) is 9.82. The number of nitrogens with zero attached hydrogens (tertiary/aromatic N) is 4. The van der Waals surface area contributed by atoms with Gasteiger partial charge in [-0.2, -0.15) is 0 Å². The molecule has 1 aromatic heterocycles. The number of carbonyl (C=O) groups excluding carboxylic acids is 1. The maximum Gasteiger partial charge on any atom is 0.289 e. The Morgan fingerprint density at radius 3 is 2.46 bits per heavy atom. The number of benzene rings is 1. The SMILES string of the molecule is CCNC(=NCCN(C)c1ccccc1)N1CCN(C(=O)c2ccco2)CC1. The minimum absolute atomic E-state index is 0.0453. The van der Waals surface area contributed by atoms with Gasteiger partial charge >= 0.3 is 0 Å². The van der Waals surface area contributed by atoms with Gasteiger partial charge in [-0.25, -0.2) is 0 Å². The smallest absolute Gasteiger partial charge is 0.289 e. The Kier molecular flexibility index (Phi) is 6.94. The van der Waals surface area contributed by atoms with Gasteiger partial charge in [-0.05, 0) is 31.2 Å². The molecule has 0 aliphatic carbocycles. The Morgan fingerprint density at radius 2 is 1.82 bits per heavy atom. The van der Waals surface area contributed by atoms with Gasteiger partial charge < -0.3 is 24.4 Å². The van der Waals surface area contributed by atoms with E-state index in [0.717, 1.165) is 32.1 Å². The van der Waals surface area contributed by atoms with E-state index in [1.165, 1.54) is 12.0 Å². The molecule has 0 saturated carbocycles. The van der Waals surface area contributed by atoms with E-state index < -0.39 is 0 Å². The molecule has 2 heterocycles. The number of piperazine rings is 1.